The van der Waals surface area contributed by atoms with Crippen molar-refractivity contribution >= 4 is 15.9 Å². The smallest absolute Gasteiger partial charge is 0.320 e. The maximum absolute atomic E-state index is 13.6. The third-order valence-electron chi connectivity index (χ3n) is 7.21. The summed E-state index contributed by atoms with van der Waals surface area (Å²) in [4.78, 5) is 17.2. The van der Waals surface area contributed by atoms with Gasteiger partial charge in [0.1, 0.15) is 0 Å². The zero-order chi connectivity index (χ0) is 21.8. The highest BCUT2D eigenvalue weighted by Gasteiger charge is 2.41. The van der Waals surface area contributed by atoms with Gasteiger partial charge in [0.25, 0.3) is 0 Å². The number of carbonyl (C=O) groups excluding carboxylic acids is 1. The first-order valence-corrected chi connectivity index (χ1v) is 13.2. The van der Waals surface area contributed by atoms with Gasteiger partial charge >= 0.3 is 6.03 Å². The van der Waals surface area contributed by atoms with Crippen molar-refractivity contribution < 1.29 is 17.9 Å². The van der Waals surface area contributed by atoms with E-state index in [1.807, 2.05) is 15.9 Å². The fourth-order valence-electron chi connectivity index (χ4n) is 5.41. The standard InChI is InChI=1S/C23H35N3O4S/c24-15-18-5-4-8-21(13-18)31(28,29)22-14-20(19-6-2-1-3-7-19)16-26(17-22)23(27)25-9-11-30-12-10-25/h4-5,8,13,19-20,22H,1-3,6-7,9-12,14-17,24H2/t20-,22+/m0/s1. The highest BCUT2D eigenvalue weighted by molar-refractivity contribution is 7.92. The average molecular weight is 450 g/mol. The van der Waals surface area contributed by atoms with Crippen LogP contribution in [0.2, 0.25) is 0 Å². The Morgan fingerprint density at radius 3 is 2.48 bits per heavy atom. The van der Waals surface area contributed by atoms with E-state index in [1.165, 1.54) is 19.3 Å². The van der Waals surface area contributed by atoms with Gasteiger partial charge in [-0.1, -0.05) is 44.2 Å². The molecule has 2 atom stereocenters. The molecule has 7 nitrogen and oxygen atoms in total. The van der Waals surface area contributed by atoms with Crippen LogP contribution >= 0.6 is 0 Å². The fourth-order valence-corrected chi connectivity index (χ4v) is 7.26. The second-order valence-electron chi connectivity index (χ2n) is 9.20. The molecule has 172 valence electrons. The molecule has 1 saturated carbocycles. The number of hydrogen-bond acceptors (Lipinski definition) is 5. The Kier molecular flexibility index (Phi) is 7.19. The number of likely N-dealkylation sites (tertiary alicyclic amines) is 1. The van der Waals surface area contributed by atoms with Crippen molar-refractivity contribution in [1.82, 2.24) is 9.80 Å². The molecule has 31 heavy (non-hydrogen) atoms. The van der Waals surface area contributed by atoms with Crippen LogP contribution in [0.25, 0.3) is 0 Å². The Morgan fingerprint density at radius 1 is 1.03 bits per heavy atom. The summed E-state index contributed by atoms with van der Waals surface area (Å²) in [5, 5.41) is -0.578. The lowest BCUT2D eigenvalue weighted by atomic mass is 9.76. The van der Waals surface area contributed by atoms with E-state index in [1.54, 1.807) is 18.2 Å². The van der Waals surface area contributed by atoms with Crippen LogP contribution < -0.4 is 5.73 Å². The number of ether oxygens (including phenoxy) is 1. The van der Waals surface area contributed by atoms with Gasteiger partial charge in [-0.05, 0) is 36.0 Å². The molecule has 2 aliphatic heterocycles. The first kappa shape index (κ1) is 22.6. The summed E-state index contributed by atoms with van der Waals surface area (Å²) < 4.78 is 32.6. The molecule has 4 rings (SSSR count). The molecule has 0 spiro atoms. The molecule has 2 heterocycles. The normalized spacial score (nSPS) is 26.1. The minimum atomic E-state index is -3.56. The van der Waals surface area contributed by atoms with Gasteiger partial charge < -0.3 is 20.3 Å². The van der Waals surface area contributed by atoms with E-state index in [0.717, 1.165) is 18.4 Å². The number of sulfone groups is 1. The molecule has 3 fully saturated rings. The summed E-state index contributed by atoms with van der Waals surface area (Å²) in [7, 11) is -3.56. The lowest BCUT2D eigenvalue weighted by Crippen LogP contribution is -2.55. The monoisotopic (exact) mass is 449 g/mol. The van der Waals surface area contributed by atoms with Crippen LogP contribution in [-0.4, -0.2) is 68.9 Å². The minimum Gasteiger partial charge on any atom is -0.378 e. The Morgan fingerprint density at radius 2 is 1.77 bits per heavy atom. The number of nitrogens with two attached hydrogens (primary N) is 1. The largest absolute Gasteiger partial charge is 0.378 e. The van der Waals surface area contributed by atoms with Gasteiger partial charge in [0.15, 0.2) is 9.84 Å². The predicted molar refractivity (Wildman–Crippen MR) is 119 cm³/mol. The Labute approximate surface area is 185 Å². The van der Waals surface area contributed by atoms with E-state index in [9.17, 15) is 13.2 Å². The van der Waals surface area contributed by atoms with Crippen molar-refractivity contribution in [2.24, 2.45) is 17.6 Å². The number of hydrogen-bond donors (Lipinski definition) is 1. The zero-order valence-corrected chi connectivity index (χ0v) is 19.1. The average Bonchev–Trinajstić information content (AvgIpc) is 2.84. The van der Waals surface area contributed by atoms with Crippen molar-refractivity contribution in [1.29, 1.82) is 0 Å². The third kappa shape index (κ3) is 5.07. The second kappa shape index (κ2) is 9.88. The quantitative estimate of drug-likeness (QED) is 0.763. The van der Waals surface area contributed by atoms with Gasteiger partial charge in [-0.3, -0.25) is 0 Å². The van der Waals surface area contributed by atoms with Gasteiger partial charge in [0.2, 0.25) is 0 Å². The van der Waals surface area contributed by atoms with E-state index >= 15 is 0 Å². The summed E-state index contributed by atoms with van der Waals surface area (Å²) >= 11 is 0. The van der Waals surface area contributed by atoms with Gasteiger partial charge in [0.05, 0.1) is 23.4 Å². The minimum absolute atomic E-state index is 0.0419. The van der Waals surface area contributed by atoms with Crippen LogP contribution in [0.1, 0.15) is 44.1 Å². The highest BCUT2D eigenvalue weighted by atomic mass is 32.2. The molecular weight excluding hydrogens is 414 g/mol. The van der Waals surface area contributed by atoms with Gasteiger partial charge in [0, 0.05) is 32.7 Å². The molecule has 0 radical (unpaired) electrons. The molecule has 2 N–H and O–H groups in total. The van der Waals surface area contributed by atoms with Crippen molar-refractivity contribution in [3.63, 3.8) is 0 Å². The van der Waals surface area contributed by atoms with E-state index < -0.39 is 15.1 Å². The van der Waals surface area contributed by atoms with Crippen LogP contribution in [0, 0.1) is 11.8 Å². The fraction of sp³-hybridized carbons (Fsp3) is 0.696. The topological polar surface area (TPSA) is 92.9 Å². The molecule has 0 bridgehead atoms. The highest BCUT2D eigenvalue weighted by Crippen LogP contribution is 2.38. The molecule has 1 aliphatic carbocycles. The maximum Gasteiger partial charge on any atom is 0.320 e. The molecule has 8 heteroatoms. The van der Waals surface area contributed by atoms with Crippen LogP contribution in [-0.2, 0) is 21.1 Å². The summed E-state index contributed by atoms with van der Waals surface area (Å²) in [6, 6.07) is 6.91. The number of amides is 2. The summed E-state index contributed by atoms with van der Waals surface area (Å²) in [6.07, 6.45) is 6.57. The molecule has 2 saturated heterocycles. The molecule has 1 aromatic carbocycles. The lowest BCUT2D eigenvalue weighted by molar-refractivity contribution is 0.0361. The maximum atomic E-state index is 13.6. The first-order valence-electron chi connectivity index (χ1n) is 11.6. The van der Waals surface area contributed by atoms with E-state index in [0.29, 0.717) is 56.6 Å². The molecule has 2 amide bonds. The number of piperidine rings is 1. The molecular formula is C23H35N3O4S. The van der Waals surface area contributed by atoms with Crippen molar-refractivity contribution in [3.05, 3.63) is 29.8 Å². The summed E-state index contributed by atoms with van der Waals surface area (Å²) in [6.45, 7) is 3.45. The van der Waals surface area contributed by atoms with Gasteiger partial charge in [-0.25, -0.2) is 13.2 Å². The predicted octanol–water partition coefficient (Wildman–Crippen LogP) is 2.64. The number of nitrogens with zero attached hydrogens (tertiary/aromatic N) is 2. The Balaban J connectivity index is 1.59. The van der Waals surface area contributed by atoms with E-state index in [2.05, 4.69) is 0 Å². The Hall–Kier alpha value is -1.64. The van der Waals surface area contributed by atoms with Gasteiger partial charge in [-0.15, -0.1) is 0 Å². The first-order chi connectivity index (χ1) is 15.0. The number of carbonyl (C=O) groups is 1. The SMILES string of the molecule is NCc1cccc(S(=O)(=O)[C@@H]2C[C@H](C3CCCCC3)CN(C(=O)N3CCOCC3)C2)c1. The van der Waals surface area contributed by atoms with Crippen molar-refractivity contribution in [3.8, 4) is 0 Å². The number of morpholine rings is 1. The zero-order valence-electron chi connectivity index (χ0n) is 18.2. The van der Waals surface area contributed by atoms with Crippen molar-refractivity contribution in [2.45, 2.75) is 55.2 Å². The molecule has 0 aromatic heterocycles. The number of benzene rings is 1. The second-order valence-corrected chi connectivity index (χ2v) is 11.4. The van der Waals surface area contributed by atoms with Crippen molar-refractivity contribution in [2.75, 3.05) is 39.4 Å². The summed E-state index contributed by atoms with van der Waals surface area (Å²) in [5.41, 5.74) is 6.55. The lowest BCUT2D eigenvalue weighted by Gasteiger charge is -2.43. The van der Waals surface area contributed by atoms with Crippen LogP contribution in [0.4, 0.5) is 4.79 Å². The van der Waals surface area contributed by atoms with E-state index in [-0.39, 0.29) is 18.5 Å². The van der Waals surface area contributed by atoms with Crippen LogP contribution in [0.5, 0.6) is 0 Å². The molecule has 3 aliphatic rings. The summed E-state index contributed by atoms with van der Waals surface area (Å²) in [5.74, 6) is 0.735. The van der Waals surface area contributed by atoms with E-state index in [4.69, 9.17) is 10.5 Å². The molecule has 0 unspecified atom stereocenters. The Bertz CT molecular complexity index is 863. The van der Waals surface area contributed by atoms with Gasteiger partial charge in [-0.2, -0.15) is 0 Å². The van der Waals surface area contributed by atoms with Crippen LogP contribution in [0.3, 0.4) is 0 Å². The molecule has 1 aromatic rings. The number of urea groups is 1. The number of rotatable bonds is 4. The third-order valence-corrected chi connectivity index (χ3v) is 9.34. The van der Waals surface area contributed by atoms with Crippen LogP contribution in [0.15, 0.2) is 29.2 Å².